The number of rotatable bonds is 10. The van der Waals surface area contributed by atoms with Crippen molar-refractivity contribution < 1.29 is 20.1 Å². The summed E-state index contributed by atoms with van der Waals surface area (Å²) in [6.45, 7) is 4.87. The van der Waals surface area contributed by atoms with E-state index in [1.54, 1.807) is 26.0 Å². The Hall–Kier alpha value is -2.99. The van der Waals surface area contributed by atoms with Gasteiger partial charge in [0.05, 0.1) is 17.4 Å². The molecule has 0 aliphatic carbocycles. The first-order valence-electron chi connectivity index (χ1n) is 13.3. The molecule has 3 aromatic carbocycles. The molecule has 3 aromatic rings. The number of aliphatic hydroxyl groups excluding tert-OH is 1. The SMILES string of the molecule is CC(C)(C(=O)O)c1ccc(C(O)CCCN2CCCCC2(O)C(c2ccccc2)c2ccccc2)cc1. The van der Waals surface area contributed by atoms with Crippen molar-refractivity contribution in [3.8, 4) is 0 Å². The fourth-order valence-corrected chi connectivity index (χ4v) is 5.58. The summed E-state index contributed by atoms with van der Waals surface area (Å²) in [5.74, 6) is -1.04. The lowest BCUT2D eigenvalue weighted by atomic mass is 9.77. The Labute approximate surface area is 220 Å². The highest BCUT2D eigenvalue weighted by molar-refractivity contribution is 5.80. The minimum atomic E-state index is -1.00. The van der Waals surface area contributed by atoms with Gasteiger partial charge in [-0.15, -0.1) is 0 Å². The van der Waals surface area contributed by atoms with Crippen LogP contribution in [0.25, 0.3) is 0 Å². The largest absolute Gasteiger partial charge is 0.481 e. The number of benzene rings is 3. The number of carboxylic acid groups (broad SMARTS) is 1. The van der Waals surface area contributed by atoms with E-state index < -0.39 is 23.2 Å². The molecule has 5 heteroatoms. The molecule has 0 bridgehead atoms. The van der Waals surface area contributed by atoms with E-state index in [9.17, 15) is 20.1 Å². The topological polar surface area (TPSA) is 81.0 Å². The number of aliphatic carboxylic acids is 1. The maximum Gasteiger partial charge on any atom is 0.313 e. The van der Waals surface area contributed by atoms with Gasteiger partial charge < -0.3 is 15.3 Å². The van der Waals surface area contributed by atoms with E-state index in [4.69, 9.17) is 0 Å². The molecule has 196 valence electrons. The average molecular weight is 502 g/mol. The lowest BCUT2D eigenvalue weighted by molar-refractivity contribution is -0.143. The monoisotopic (exact) mass is 501 g/mol. The first-order chi connectivity index (χ1) is 17.7. The number of carboxylic acids is 1. The molecule has 1 aliphatic rings. The smallest absolute Gasteiger partial charge is 0.313 e. The number of likely N-dealkylation sites (tertiary alicyclic amines) is 1. The van der Waals surface area contributed by atoms with E-state index >= 15 is 0 Å². The minimum absolute atomic E-state index is 0.162. The van der Waals surface area contributed by atoms with E-state index in [0.717, 1.165) is 42.5 Å². The molecular formula is C32H39NO4. The molecule has 1 fully saturated rings. The predicted octanol–water partition coefficient (Wildman–Crippen LogP) is 5.87. The second-order valence-electron chi connectivity index (χ2n) is 10.8. The van der Waals surface area contributed by atoms with Crippen LogP contribution in [0.5, 0.6) is 0 Å². The summed E-state index contributed by atoms with van der Waals surface area (Å²) >= 11 is 0. The lowest BCUT2D eigenvalue weighted by Crippen LogP contribution is -2.56. The zero-order valence-electron chi connectivity index (χ0n) is 21.9. The Balaban J connectivity index is 1.47. The van der Waals surface area contributed by atoms with E-state index in [1.165, 1.54) is 0 Å². The van der Waals surface area contributed by atoms with Gasteiger partial charge in [-0.25, -0.2) is 0 Å². The molecule has 0 saturated carbocycles. The van der Waals surface area contributed by atoms with Crippen molar-refractivity contribution in [2.75, 3.05) is 13.1 Å². The number of hydrogen-bond donors (Lipinski definition) is 3. The van der Waals surface area contributed by atoms with Gasteiger partial charge in [0.1, 0.15) is 5.72 Å². The lowest BCUT2D eigenvalue weighted by Gasteiger charge is -2.48. The molecule has 0 aromatic heterocycles. The summed E-state index contributed by atoms with van der Waals surface area (Å²) in [5, 5.41) is 32.6. The number of aliphatic hydroxyl groups is 2. The Morgan fingerprint density at radius 2 is 1.46 bits per heavy atom. The normalized spacial score (nSPS) is 19.6. The highest BCUT2D eigenvalue weighted by Gasteiger charge is 2.44. The second-order valence-corrected chi connectivity index (χ2v) is 10.8. The van der Waals surface area contributed by atoms with Gasteiger partial charge in [0.2, 0.25) is 0 Å². The molecule has 0 amide bonds. The third-order valence-corrected chi connectivity index (χ3v) is 7.96. The molecule has 37 heavy (non-hydrogen) atoms. The first-order valence-corrected chi connectivity index (χ1v) is 13.3. The Kier molecular flexibility index (Phi) is 8.48. The third-order valence-electron chi connectivity index (χ3n) is 7.96. The molecule has 5 nitrogen and oxygen atoms in total. The van der Waals surface area contributed by atoms with Gasteiger partial charge in [-0.2, -0.15) is 0 Å². The average Bonchev–Trinajstić information content (AvgIpc) is 2.91. The maximum absolute atomic E-state index is 12.2. The van der Waals surface area contributed by atoms with Gasteiger partial charge in [-0.05, 0) is 68.2 Å². The van der Waals surface area contributed by atoms with Gasteiger partial charge in [0.25, 0.3) is 0 Å². The van der Waals surface area contributed by atoms with E-state index in [-0.39, 0.29) is 5.92 Å². The Morgan fingerprint density at radius 3 is 2.00 bits per heavy atom. The van der Waals surface area contributed by atoms with Crippen LogP contribution in [0, 0.1) is 0 Å². The van der Waals surface area contributed by atoms with Crippen molar-refractivity contribution in [2.24, 2.45) is 0 Å². The van der Waals surface area contributed by atoms with Crippen molar-refractivity contribution in [3.05, 3.63) is 107 Å². The van der Waals surface area contributed by atoms with E-state index in [1.807, 2.05) is 48.5 Å². The Bertz CT molecular complexity index is 1110. The quantitative estimate of drug-likeness (QED) is 0.324. The molecule has 4 rings (SSSR count). The second kappa shape index (κ2) is 11.6. The molecule has 0 spiro atoms. The summed E-state index contributed by atoms with van der Waals surface area (Å²) in [7, 11) is 0. The van der Waals surface area contributed by atoms with Crippen LogP contribution in [0.1, 0.15) is 80.2 Å². The molecular weight excluding hydrogens is 462 g/mol. The molecule has 1 saturated heterocycles. The zero-order valence-corrected chi connectivity index (χ0v) is 21.9. The molecule has 2 unspecified atom stereocenters. The molecule has 2 atom stereocenters. The van der Waals surface area contributed by atoms with Crippen LogP contribution >= 0.6 is 0 Å². The van der Waals surface area contributed by atoms with Gasteiger partial charge in [0, 0.05) is 13.1 Å². The van der Waals surface area contributed by atoms with Gasteiger partial charge in [-0.1, -0.05) is 84.9 Å². The number of hydrogen-bond acceptors (Lipinski definition) is 4. The summed E-state index contributed by atoms with van der Waals surface area (Å²) in [5.41, 5.74) is 1.72. The molecule has 1 heterocycles. The fraction of sp³-hybridized carbons (Fsp3) is 0.406. The van der Waals surface area contributed by atoms with Crippen LogP contribution in [-0.4, -0.2) is 45.0 Å². The number of piperidine rings is 1. The highest BCUT2D eigenvalue weighted by atomic mass is 16.4. The maximum atomic E-state index is 12.2. The van der Waals surface area contributed by atoms with Gasteiger partial charge in [0.15, 0.2) is 0 Å². The summed E-state index contributed by atoms with van der Waals surface area (Å²) in [6, 6.07) is 27.7. The molecule has 3 N–H and O–H groups in total. The fourth-order valence-electron chi connectivity index (χ4n) is 5.58. The van der Waals surface area contributed by atoms with Crippen LogP contribution in [0.15, 0.2) is 84.9 Å². The van der Waals surface area contributed by atoms with E-state index in [2.05, 4.69) is 29.2 Å². The standard InChI is InChI=1S/C32H39NO4/c1-31(2,30(35)36)27-19-17-24(18-20-27)28(34)16-11-23-33-22-10-9-21-32(33,37)29(25-12-5-3-6-13-25)26-14-7-4-8-15-26/h3-8,12-15,17-20,28-29,34,37H,9-11,16,21-23H2,1-2H3,(H,35,36). The van der Waals surface area contributed by atoms with Crippen molar-refractivity contribution in [3.63, 3.8) is 0 Å². The summed E-state index contributed by atoms with van der Waals surface area (Å²) in [6.07, 6.45) is 3.38. The summed E-state index contributed by atoms with van der Waals surface area (Å²) < 4.78 is 0. The zero-order chi connectivity index (χ0) is 26.5. The highest BCUT2D eigenvalue weighted by Crippen LogP contribution is 2.43. The minimum Gasteiger partial charge on any atom is -0.481 e. The van der Waals surface area contributed by atoms with Crippen molar-refractivity contribution in [1.29, 1.82) is 0 Å². The van der Waals surface area contributed by atoms with Crippen LogP contribution < -0.4 is 0 Å². The van der Waals surface area contributed by atoms with Crippen LogP contribution in [0.2, 0.25) is 0 Å². The van der Waals surface area contributed by atoms with Crippen LogP contribution in [0.4, 0.5) is 0 Å². The Morgan fingerprint density at radius 1 is 0.892 bits per heavy atom. The van der Waals surface area contributed by atoms with Crippen molar-refractivity contribution in [1.82, 2.24) is 4.90 Å². The third kappa shape index (κ3) is 5.96. The first kappa shape index (κ1) is 27.1. The van der Waals surface area contributed by atoms with Gasteiger partial charge >= 0.3 is 5.97 Å². The molecule has 1 aliphatic heterocycles. The van der Waals surface area contributed by atoms with Crippen LogP contribution in [-0.2, 0) is 10.2 Å². The van der Waals surface area contributed by atoms with Crippen molar-refractivity contribution in [2.45, 2.75) is 69.1 Å². The van der Waals surface area contributed by atoms with Gasteiger partial charge in [-0.3, -0.25) is 9.69 Å². The molecule has 0 radical (unpaired) electrons. The van der Waals surface area contributed by atoms with Crippen molar-refractivity contribution >= 4 is 5.97 Å². The summed E-state index contributed by atoms with van der Waals surface area (Å²) in [4.78, 5) is 13.8. The van der Waals surface area contributed by atoms with E-state index in [0.29, 0.717) is 24.9 Å². The van der Waals surface area contributed by atoms with Crippen LogP contribution in [0.3, 0.4) is 0 Å². The number of carbonyl (C=O) groups is 1. The predicted molar refractivity (Wildman–Crippen MR) is 146 cm³/mol. The number of nitrogens with zero attached hydrogens (tertiary/aromatic N) is 1.